The van der Waals surface area contributed by atoms with Gasteiger partial charge in [0.25, 0.3) is 0 Å². The molecule has 1 aliphatic rings. The molecule has 239 valence electrons. The number of carbonyl (C=O) groups is 1. The summed E-state index contributed by atoms with van der Waals surface area (Å²) >= 11 is 0. The molecule has 8 heteroatoms. The van der Waals surface area contributed by atoms with Crippen LogP contribution in [0, 0.1) is 43.9 Å². The van der Waals surface area contributed by atoms with E-state index in [9.17, 15) is 13.2 Å². The zero-order valence-corrected chi connectivity index (χ0v) is 30.3. The normalized spacial score (nSPS) is 12.8. The van der Waals surface area contributed by atoms with Gasteiger partial charge in [-0.05, 0) is 75.0 Å². The van der Waals surface area contributed by atoms with Crippen LogP contribution in [-0.4, -0.2) is 29.1 Å². The first kappa shape index (κ1) is 39.2. The fraction of sp³-hybridized carbons (Fsp3) is 0.132. The molecule has 0 amide bonds. The molecule has 5 radical (unpaired) electrons. The zero-order valence-electron chi connectivity index (χ0n) is 26.5. The maximum Gasteiger partial charge on any atom is 3.00 e. The van der Waals surface area contributed by atoms with Gasteiger partial charge in [0, 0.05) is 22.8 Å². The van der Waals surface area contributed by atoms with Gasteiger partial charge in [0.2, 0.25) is 0 Å². The van der Waals surface area contributed by atoms with Crippen molar-refractivity contribution in [1.82, 2.24) is 0 Å². The van der Waals surface area contributed by atoms with Crippen molar-refractivity contribution in [2.75, 3.05) is 6.61 Å². The molecule has 4 aromatic carbocycles. The van der Waals surface area contributed by atoms with Crippen LogP contribution in [0.1, 0.15) is 6.92 Å². The van der Waals surface area contributed by atoms with E-state index in [0.717, 1.165) is 0 Å². The first-order chi connectivity index (χ1) is 21.6. The molecular formula is C38H40CoO4PSSi+. The van der Waals surface area contributed by atoms with Crippen molar-refractivity contribution in [2.45, 2.75) is 31.5 Å². The Balaban J connectivity index is 0.000000273. The van der Waals surface area contributed by atoms with Crippen molar-refractivity contribution in [3.8, 4) is 0 Å². The molecule has 0 spiro atoms. The predicted octanol–water partition coefficient (Wildman–Crippen LogP) is 7.26. The Labute approximate surface area is 289 Å². The van der Waals surface area contributed by atoms with Crippen LogP contribution in [0.4, 0.5) is 0 Å². The molecule has 1 aliphatic carbocycles. The molecule has 4 aromatic rings. The molecule has 0 heterocycles. The van der Waals surface area contributed by atoms with E-state index in [-0.39, 0.29) is 28.3 Å². The molecular weight excluding hydrogens is 670 g/mol. The van der Waals surface area contributed by atoms with Gasteiger partial charge >= 0.3 is 16.8 Å². The van der Waals surface area contributed by atoms with E-state index in [0.29, 0.717) is 5.20 Å². The second-order valence-electron chi connectivity index (χ2n) is 10.8. The third-order valence-electron chi connectivity index (χ3n) is 6.25. The standard InChI is InChI=1S/C18H15P.C15H20O4SSi.C5H5.Co/c1-4-10-16(11-5-1)19(17-12-6-2-7-13-17)18-14-8-3-9-15-18;1-5-19-15(16)11-14(21(2,3)4)12-20(17,18)13-9-7-6-8-10-13;1-2-4-5-3-1;/h1-15H;6-11H,5H2,1-4H3;1-5H;/q;-2;;+3. The van der Waals surface area contributed by atoms with E-state index < -0.39 is 31.8 Å². The van der Waals surface area contributed by atoms with E-state index in [2.05, 4.69) is 96.4 Å². The molecule has 0 saturated heterocycles. The number of rotatable bonds is 9. The number of carbonyl (C=O) groups excluding carboxylic acids is 1. The molecule has 1 saturated carbocycles. The van der Waals surface area contributed by atoms with Crippen molar-refractivity contribution < 1.29 is 34.7 Å². The van der Waals surface area contributed by atoms with Crippen LogP contribution < -0.4 is 15.9 Å². The second-order valence-corrected chi connectivity index (χ2v) is 19.7. The van der Waals surface area contributed by atoms with Gasteiger partial charge in [-0.3, -0.25) is 19.6 Å². The van der Waals surface area contributed by atoms with Crippen molar-refractivity contribution >= 4 is 47.7 Å². The average Bonchev–Trinajstić information content (AvgIpc) is 3.64. The van der Waals surface area contributed by atoms with Crippen LogP contribution >= 0.6 is 7.92 Å². The number of hydrogen-bond donors (Lipinski definition) is 0. The van der Waals surface area contributed by atoms with Crippen molar-refractivity contribution in [1.29, 1.82) is 0 Å². The molecule has 0 aromatic heterocycles. The average molecular weight is 711 g/mol. The molecule has 0 N–H and O–H groups in total. The number of esters is 1. The van der Waals surface area contributed by atoms with E-state index in [1.807, 2.05) is 51.7 Å². The van der Waals surface area contributed by atoms with E-state index >= 15 is 0 Å². The summed E-state index contributed by atoms with van der Waals surface area (Å²) in [6.07, 6.45) is 11.2. The number of hydrogen-bond acceptors (Lipinski definition) is 4. The Morgan fingerprint density at radius 3 is 1.35 bits per heavy atom. The minimum absolute atomic E-state index is 0. The molecule has 5 rings (SSSR count). The van der Waals surface area contributed by atoms with Gasteiger partial charge in [-0.15, -0.1) is 0 Å². The van der Waals surface area contributed by atoms with Crippen LogP contribution in [0.2, 0.25) is 19.6 Å². The molecule has 0 atom stereocenters. The molecule has 4 nitrogen and oxygen atoms in total. The van der Waals surface area contributed by atoms with E-state index in [1.165, 1.54) is 34.5 Å². The number of ether oxygens (including phenoxy) is 1. The van der Waals surface area contributed by atoms with Gasteiger partial charge in [0.05, 0.1) is 6.61 Å². The van der Waals surface area contributed by atoms with Crippen LogP contribution in [0.15, 0.2) is 131 Å². The van der Waals surface area contributed by atoms with Crippen molar-refractivity contribution in [3.05, 3.63) is 170 Å². The van der Waals surface area contributed by atoms with Gasteiger partial charge in [-0.1, -0.05) is 129 Å². The Bertz CT molecular complexity index is 1460. The molecule has 46 heavy (non-hydrogen) atoms. The smallest absolute Gasteiger partial charge is 0.488 e. The van der Waals surface area contributed by atoms with Crippen molar-refractivity contribution in [2.24, 2.45) is 0 Å². The maximum absolute atomic E-state index is 12.3. The quantitative estimate of drug-likeness (QED) is 0.0795. The first-order valence-electron chi connectivity index (χ1n) is 14.7. The summed E-state index contributed by atoms with van der Waals surface area (Å²) in [4.78, 5) is 11.8. The second kappa shape index (κ2) is 20.3. The van der Waals surface area contributed by atoms with Crippen molar-refractivity contribution in [3.63, 3.8) is 0 Å². The summed E-state index contributed by atoms with van der Waals surface area (Å²) in [6, 6.07) is 40.4. The monoisotopic (exact) mass is 710 g/mol. The summed E-state index contributed by atoms with van der Waals surface area (Å²) in [5.41, 5.74) is 0. The number of benzene rings is 4. The Morgan fingerprint density at radius 2 is 1.02 bits per heavy atom. The maximum atomic E-state index is 12.3. The van der Waals surface area contributed by atoms with Gasteiger partial charge in [0.1, 0.15) is 0 Å². The molecule has 1 fully saturated rings. The largest absolute Gasteiger partial charge is 3.00 e. The third-order valence-corrected chi connectivity index (χ3v) is 12.1. The van der Waals surface area contributed by atoms with Crippen LogP contribution in [-0.2, 0) is 36.1 Å². The van der Waals surface area contributed by atoms with E-state index in [1.54, 1.807) is 25.1 Å². The SMILES string of the molecule is CCOC(=O)[CH-]C(=[C-]S(=O)(=O)c1ccccc1)[Si](C)(C)C.[CH]1[CH][CH][CH][CH]1.[Co+3].c1ccc(P(c2ccccc2)c2ccccc2)cc1. The Hall–Kier alpha value is -2.94. The van der Waals surface area contributed by atoms with Crippen LogP contribution in [0.5, 0.6) is 0 Å². The summed E-state index contributed by atoms with van der Waals surface area (Å²) in [7, 11) is -6.19. The minimum atomic E-state index is -3.69. The Morgan fingerprint density at radius 1 is 0.674 bits per heavy atom. The predicted molar refractivity (Wildman–Crippen MR) is 191 cm³/mol. The van der Waals surface area contributed by atoms with Gasteiger partial charge in [0.15, 0.2) is 5.97 Å². The molecule has 0 aliphatic heterocycles. The molecule has 0 unspecified atom stereocenters. The summed E-state index contributed by atoms with van der Waals surface area (Å²) in [6.45, 7) is 7.80. The van der Waals surface area contributed by atoms with Crippen LogP contribution in [0.25, 0.3) is 0 Å². The fourth-order valence-electron chi connectivity index (χ4n) is 4.00. The minimum Gasteiger partial charge on any atom is -0.488 e. The van der Waals surface area contributed by atoms with E-state index in [4.69, 9.17) is 4.74 Å². The summed E-state index contributed by atoms with van der Waals surface area (Å²) in [5, 5.41) is 7.15. The summed E-state index contributed by atoms with van der Waals surface area (Å²) < 4.78 is 29.6. The third kappa shape index (κ3) is 13.4. The Kier molecular flexibility index (Phi) is 17.3. The summed E-state index contributed by atoms with van der Waals surface area (Å²) in [5.74, 6) is -0.536. The van der Waals surface area contributed by atoms with Gasteiger partial charge in [-0.2, -0.15) is 0 Å². The topological polar surface area (TPSA) is 60.4 Å². The molecule has 0 bridgehead atoms. The zero-order chi connectivity index (χ0) is 32.5. The van der Waals surface area contributed by atoms with Crippen LogP contribution in [0.3, 0.4) is 0 Å². The first-order valence-corrected chi connectivity index (χ1v) is 21.0. The van der Waals surface area contributed by atoms with Gasteiger partial charge in [-0.25, -0.2) is 0 Å². The fourth-order valence-corrected chi connectivity index (χ4v) is 9.47. The van der Waals surface area contributed by atoms with Gasteiger partial charge < -0.3 is 15.3 Å². The number of sulfone groups is 1.